The Bertz CT molecular complexity index is 1380. The molecule has 0 unspecified atom stereocenters. The highest BCUT2D eigenvalue weighted by Gasteiger charge is 2.09. The van der Waals surface area contributed by atoms with Crippen LogP contribution in [-0.2, 0) is 17.9 Å². The number of aryl methyl sites for hydroxylation is 1. The predicted octanol–water partition coefficient (Wildman–Crippen LogP) is 3.67. The maximum absolute atomic E-state index is 12.5. The lowest BCUT2D eigenvalue weighted by Gasteiger charge is -2.11. The summed E-state index contributed by atoms with van der Waals surface area (Å²) in [5, 5.41) is 8.84. The predicted molar refractivity (Wildman–Crippen MR) is 128 cm³/mol. The molecule has 3 N–H and O–H groups in total. The van der Waals surface area contributed by atoms with Crippen molar-refractivity contribution in [3.63, 3.8) is 0 Å². The first kappa shape index (κ1) is 21.8. The molecule has 0 radical (unpaired) electrons. The number of urea groups is 1. The third-order valence-electron chi connectivity index (χ3n) is 5.00. The Kier molecular flexibility index (Phi) is 6.45. The fourth-order valence-corrected chi connectivity index (χ4v) is 3.41. The average Bonchev–Trinajstić information content (AvgIpc) is 2.80. The SMILES string of the molecule is Cc1cccc(NC(=O)Nc2cccc(CNC(=O)Cn3cnc4ccccc4c3=O)c2)c1. The molecule has 0 spiro atoms. The van der Waals surface area contributed by atoms with Gasteiger partial charge in [-0.15, -0.1) is 0 Å². The zero-order chi connectivity index (χ0) is 23.2. The lowest BCUT2D eigenvalue weighted by Crippen LogP contribution is -2.32. The summed E-state index contributed by atoms with van der Waals surface area (Å²) in [6.07, 6.45) is 1.38. The fraction of sp³-hybridized carbons (Fsp3) is 0.120. The lowest BCUT2D eigenvalue weighted by atomic mass is 10.2. The number of carbonyl (C=O) groups is 2. The topological polar surface area (TPSA) is 105 Å². The molecule has 3 amide bonds. The summed E-state index contributed by atoms with van der Waals surface area (Å²) in [6.45, 7) is 2.07. The van der Waals surface area contributed by atoms with Crippen molar-refractivity contribution in [1.29, 1.82) is 0 Å². The molecule has 4 aromatic rings. The van der Waals surface area contributed by atoms with Crippen LogP contribution in [0.15, 0.2) is 83.9 Å². The van der Waals surface area contributed by atoms with Crippen molar-refractivity contribution < 1.29 is 9.59 Å². The maximum Gasteiger partial charge on any atom is 0.323 e. The molecule has 8 heteroatoms. The molecule has 3 aromatic carbocycles. The first-order valence-corrected chi connectivity index (χ1v) is 10.4. The number of fused-ring (bicyclic) bond motifs is 1. The van der Waals surface area contributed by atoms with Crippen LogP contribution in [0.3, 0.4) is 0 Å². The fourth-order valence-electron chi connectivity index (χ4n) is 3.41. The third kappa shape index (κ3) is 5.62. The van der Waals surface area contributed by atoms with E-state index in [-0.39, 0.29) is 30.6 Å². The Morgan fingerprint density at radius 2 is 1.64 bits per heavy atom. The van der Waals surface area contributed by atoms with E-state index in [4.69, 9.17) is 0 Å². The van der Waals surface area contributed by atoms with Gasteiger partial charge in [0.1, 0.15) is 6.54 Å². The Balaban J connectivity index is 1.34. The Morgan fingerprint density at radius 1 is 0.909 bits per heavy atom. The van der Waals surface area contributed by atoms with E-state index in [0.29, 0.717) is 22.3 Å². The van der Waals surface area contributed by atoms with Gasteiger partial charge in [-0.05, 0) is 54.4 Å². The second kappa shape index (κ2) is 9.78. The third-order valence-corrected chi connectivity index (χ3v) is 5.00. The number of rotatable bonds is 6. The summed E-state index contributed by atoms with van der Waals surface area (Å²) >= 11 is 0. The van der Waals surface area contributed by atoms with Gasteiger partial charge >= 0.3 is 6.03 Å². The summed E-state index contributed by atoms with van der Waals surface area (Å²) in [5.74, 6) is -0.315. The summed E-state index contributed by atoms with van der Waals surface area (Å²) in [5.41, 5.74) is 3.49. The molecule has 166 valence electrons. The van der Waals surface area contributed by atoms with E-state index in [1.165, 1.54) is 10.9 Å². The van der Waals surface area contributed by atoms with Crippen LogP contribution in [0.25, 0.3) is 10.9 Å². The minimum absolute atomic E-state index is 0.131. The second-order valence-electron chi connectivity index (χ2n) is 7.62. The highest BCUT2D eigenvalue weighted by molar-refractivity contribution is 5.99. The quantitative estimate of drug-likeness (QED) is 0.425. The summed E-state index contributed by atoms with van der Waals surface area (Å²) in [4.78, 5) is 41.4. The molecule has 0 saturated heterocycles. The molecule has 0 aliphatic carbocycles. The van der Waals surface area contributed by atoms with E-state index in [9.17, 15) is 14.4 Å². The van der Waals surface area contributed by atoms with Gasteiger partial charge < -0.3 is 16.0 Å². The van der Waals surface area contributed by atoms with Crippen LogP contribution in [0.4, 0.5) is 16.2 Å². The first-order valence-electron chi connectivity index (χ1n) is 10.4. The number of anilines is 2. The normalized spacial score (nSPS) is 10.6. The molecule has 0 fully saturated rings. The number of nitrogens with one attached hydrogen (secondary N) is 3. The van der Waals surface area contributed by atoms with E-state index in [1.807, 2.05) is 37.3 Å². The molecule has 0 atom stereocenters. The van der Waals surface area contributed by atoms with E-state index in [1.54, 1.807) is 42.5 Å². The number of hydrogen-bond donors (Lipinski definition) is 3. The van der Waals surface area contributed by atoms with Crippen molar-refractivity contribution in [1.82, 2.24) is 14.9 Å². The minimum Gasteiger partial charge on any atom is -0.350 e. The Hall–Kier alpha value is -4.46. The zero-order valence-corrected chi connectivity index (χ0v) is 18.0. The molecule has 4 rings (SSSR count). The first-order chi connectivity index (χ1) is 16.0. The van der Waals surface area contributed by atoms with Gasteiger partial charge in [0.25, 0.3) is 5.56 Å². The number of aromatic nitrogens is 2. The van der Waals surface area contributed by atoms with Gasteiger partial charge in [0.05, 0.1) is 17.2 Å². The molecule has 0 bridgehead atoms. The van der Waals surface area contributed by atoms with Crippen LogP contribution in [0.1, 0.15) is 11.1 Å². The number of benzene rings is 3. The zero-order valence-electron chi connectivity index (χ0n) is 18.0. The minimum atomic E-state index is -0.357. The van der Waals surface area contributed by atoms with E-state index < -0.39 is 0 Å². The molecule has 0 aliphatic heterocycles. The molecule has 0 aliphatic rings. The van der Waals surface area contributed by atoms with Crippen molar-refractivity contribution in [3.05, 3.63) is 101 Å². The number of amides is 3. The van der Waals surface area contributed by atoms with Crippen molar-refractivity contribution in [2.24, 2.45) is 0 Å². The van der Waals surface area contributed by atoms with Gasteiger partial charge in [-0.1, -0.05) is 36.4 Å². The number of nitrogens with zero attached hydrogens (tertiary/aromatic N) is 2. The van der Waals surface area contributed by atoms with Crippen LogP contribution in [0.2, 0.25) is 0 Å². The number of carbonyl (C=O) groups excluding carboxylic acids is 2. The van der Waals surface area contributed by atoms with E-state index >= 15 is 0 Å². The van der Waals surface area contributed by atoms with Crippen molar-refractivity contribution >= 4 is 34.2 Å². The highest BCUT2D eigenvalue weighted by atomic mass is 16.2. The highest BCUT2D eigenvalue weighted by Crippen LogP contribution is 2.13. The van der Waals surface area contributed by atoms with Gasteiger partial charge in [-0.2, -0.15) is 0 Å². The smallest absolute Gasteiger partial charge is 0.323 e. The van der Waals surface area contributed by atoms with Gasteiger partial charge in [0.15, 0.2) is 0 Å². The Morgan fingerprint density at radius 3 is 2.42 bits per heavy atom. The van der Waals surface area contributed by atoms with E-state index in [0.717, 1.165) is 11.1 Å². The molecular weight excluding hydrogens is 418 g/mol. The summed E-state index contributed by atoms with van der Waals surface area (Å²) in [7, 11) is 0. The standard InChI is InChI=1S/C25H23N5O3/c1-17-6-4-8-19(12-17)28-25(33)29-20-9-5-7-18(13-20)14-26-23(31)15-30-16-27-22-11-3-2-10-21(22)24(30)32/h2-13,16H,14-15H2,1H3,(H,26,31)(H2,28,29,33). The van der Waals surface area contributed by atoms with Crippen molar-refractivity contribution in [2.75, 3.05) is 10.6 Å². The van der Waals surface area contributed by atoms with Crippen LogP contribution in [0, 0.1) is 6.92 Å². The number of para-hydroxylation sites is 1. The van der Waals surface area contributed by atoms with Crippen LogP contribution in [-0.4, -0.2) is 21.5 Å². The van der Waals surface area contributed by atoms with E-state index in [2.05, 4.69) is 20.9 Å². The molecule has 1 aromatic heterocycles. The largest absolute Gasteiger partial charge is 0.350 e. The summed E-state index contributed by atoms with van der Waals surface area (Å²) in [6, 6.07) is 21.3. The van der Waals surface area contributed by atoms with Gasteiger partial charge in [0.2, 0.25) is 5.91 Å². The van der Waals surface area contributed by atoms with Gasteiger partial charge in [-0.3, -0.25) is 14.2 Å². The van der Waals surface area contributed by atoms with Crippen molar-refractivity contribution in [3.8, 4) is 0 Å². The summed E-state index contributed by atoms with van der Waals surface area (Å²) < 4.78 is 1.28. The van der Waals surface area contributed by atoms with Crippen LogP contribution < -0.4 is 21.5 Å². The molecular formula is C25H23N5O3. The van der Waals surface area contributed by atoms with Gasteiger partial charge in [-0.25, -0.2) is 9.78 Å². The molecule has 33 heavy (non-hydrogen) atoms. The van der Waals surface area contributed by atoms with Crippen LogP contribution >= 0.6 is 0 Å². The second-order valence-corrected chi connectivity index (χ2v) is 7.62. The molecule has 8 nitrogen and oxygen atoms in total. The monoisotopic (exact) mass is 441 g/mol. The lowest BCUT2D eigenvalue weighted by molar-refractivity contribution is -0.121. The molecule has 1 heterocycles. The average molecular weight is 441 g/mol. The van der Waals surface area contributed by atoms with Gasteiger partial charge in [0, 0.05) is 17.9 Å². The number of hydrogen-bond acceptors (Lipinski definition) is 4. The van der Waals surface area contributed by atoms with Crippen molar-refractivity contribution in [2.45, 2.75) is 20.0 Å². The molecule has 0 saturated carbocycles. The maximum atomic E-state index is 12.5. The Labute approximate surface area is 190 Å². The van der Waals surface area contributed by atoms with Crippen LogP contribution in [0.5, 0.6) is 0 Å².